The summed E-state index contributed by atoms with van der Waals surface area (Å²) in [4.78, 5) is 25.1. The van der Waals surface area contributed by atoms with Crippen molar-refractivity contribution < 1.29 is 47.4 Å². The second-order valence-corrected chi connectivity index (χ2v) is 6.33. The number of benzene rings is 2. The minimum atomic E-state index is -1.52. The number of halogens is 1. The summed E-state index contributed by atoms with van der Waals surface area (Å²) in [5.74, 6) is -1.33. The van der Waals surface area contributed by atoms with Crippen LogP contribution in [0, 0.1) is 24.9 Å². The summed E-state index contributed by atoms with van der Waals surface area (Å²) in [6, 6.07) is 13.4. The predicted octanol–water partition coefficient (Wildman–Crippen LogP) is 2.38. The third-order valence-electron chi connectivity index (χ3n) is 3.86. The average Bonchev–Trinajstić information content (AvgIpc) is 2.70. The van der Waals surface area contributed by atoms with Crippen molar-refractivity contribution in [1.29, 1.82) is 5.26 Å². The smallest absolute Gasteiger partial charge is 0.202 e. The number of carbonyl (C=O) groups excluding carboxylic acids is 2. The molecule has 1 unspecified atom stereocenters. The van der Waals surface area contributed by atoms with Gasteiger partial charge in [0.25, 0.3) is 0 Å². The van der Waals surface area contributed by atoms with Gasteiger partial charge in [0.1, 0.15) is 0 Å². The normalized spacial score (nSPS) is 10.7. The fourth-order valence-corrected chi connectivity index (χ4v) is 2.59. The van der Waals surface area contributed by atoms with E-state index in [1.165, 1.54) is 6.07 Å². The van der Waals surface area contributed by atoms with E-state index in [-0.39, 0.29) is 44.8 Å². The molecule has 149 valence electrons. The number of rotatable bonds is 7. The predicted molar refractivity (Wildman–Crippen MR) is 105 cm³/mol. The van der Waals surface area contributed by atoms with Crippen molar-refractivity contribution >= 4 is 29.1 Å². The first-order valence-corrected chi connectivity index (χ1v) is 8.63. The fourth-order valence-electron chi connectivity index (χ4n) is 2.35. The number of aliphatic hydroxyl groups is 1. The molecule has 0 aliphatic rings. The molecule has 2 aromatic carbocycles. The van der Waals surface area contributed by atoms with Crippen LogP contribution in [-0.2, 0) is 48.8 Å². The minimum Gasteiger partial charge on any atom is -0.615 e. The van der Waals surface area contributed by atoms with E-state index in [0.717, 1.165) is 17.0 Å². The van der Waals surface area contributed by atoms with Crippen LogP contribution >= 0.6 is 11.6 Å². The summed E-state index contributed by atoms with van der Waals surface area (Å²) in [7, 11) is 5.17. The van der Waals surface area contributed by atoms with Crippen molar-refractivity contribution in [2.75, 3.05) is 12.4 Å². The molecule has 1 radical (unpaired) electrons. The van der Waals surface area contributed by atoms with Crippen LogP contribution in [0.5, 0.6) is 0 Å². The molecule has 0 saturated carbocycles. The molecule has 29 heavy (non-hydrogen) atoms. The minimum absolute atomic E-state index is 0. The number of hydrogen-bond acceptors (Lipinski definition) is 5. The van der Waals surface area contributed by atoms with Gasteiger partial charge in [0, 0.05) is 57.0 Å². The van der Waals surface area contributed by atoms with E-state index >= 15 is 0 Å². The fraction of sp³-hybridized carbons (Fsp3) is 0.150. The Hall–Kier alpha value is -2.11. The Balaban J connectivity index is 0.00000420. The van der Waals surface area contributed by atoms with Crippen LogP contribution in [-0.4, -0.2) is 28.9 Å². The Morgan fingerprint density at radius 2 is 1.97 bits per heavy atom. The molecule has 2 amide bonds. The average molecular weight is 488 g/mol. The Kier molecular flexibility index (Phi) is 10.1. The summed E-state index contributed by atoms with van der Waals surface area (Å²) < 4.78 is 0. The SMILES string of the molecule is [CH2-]N([CH-]C(=O)NCc1ccc(C#N)cc1)C(=O)C(O)c1cc(Cl)cc(NC)c1.[Y]. The van der Waals surface area contributed by atoms with Crippen molar-refractivity contribution in [2.45, 2.75) is 12.6 Å². The quantitative estimate of drug-likeness (QED) is 0.520. The summed E-state index contributed by atoms with van der Waals surface area (Å²) in [5, 5.41) is 24.9. The molecule has 0 bridgehead atoms. The molecule has 0 saturated heterocycles. The first kappa shape index (κ1) is 24.9. The van der Waals surface area contributed by atoms with Crippen LogP contribution in [0.15, 0.2) is 42.5 Å². The molecule has 0 fully saturated rings. The molecule has 1 atom stereocenters. The standard InChI is InChI=1S/C20H19ClN4O3.Y/c1-23-17-8-15(7-16(21)9-17)19(27)20(28)25(2)12-18(26)24-11-14-5-3-13(10-22)4-6-14;/h3-9,12,19,23,27H,2,11H2,1H3,(H,24,26);/q-2;. The second kappa shape index (κ2) is 11.8. The van der Waals surface area contributed by atoms with Crippen molar-refractivity contribution in [3.63, 3.8) is 0 Å². The van der Waals surface area contributed by atoms with Gasteiger partial charge in [0.2, 0.25) is 5.91 Å². The van der Waals surface area contributed by atoms with Crippen LogP contribution in [0.2, 0.25) is 5.02 Å². The van der Waals surface area contributed by atoms with Crippen molar-refractivity contribution in [2.24, 2.45) is 0 Å². The molecule has 0 aliphatic carbocycles. The maximum absolute atomic E-state index is 12.3. The van der Waals surface area contributed by atoms with Gasteiger partial charge in [0.05, 0.1) is 17.5 Å². The van der Waals surface area contributed by atoms with E-state index < -0.39 is 17.9 Å². The Morgan fingerprint density at radius 1 is 1.31 bits per heavy atom. The van der Waals surface area contributed by atoms with Crippen LogP contribution < -0.4 is 10.6 Å². The molecule has 2 rings (SSSR count). The number of anilines is 1. The summed E-state index contributed by atoms with van der Waals surface area (Å²) in [6.45, 7) is 1.17. The molecule has 0 aliphatic heterocycles. The Bertz CT molecular complexity index is 900. The summed E-state index contributed by atoms with van der Waals surface area (Å²) >= 11 is 5.98. The molecular weight excluding hydrogens is 469 g/mol. The molecule has 2 aromatic rings. The molecule has 0 heterocycles. The zero-order valence-corrected chi connectivity index (χ0v) is 19.3. The molecule has 7 nitrogen and oxygen atoms in total. The number of nitrogens with one attached hydrogen (secondary N) is 2. The topological polar surface area (TPSA) is 105 Å². The maximum Gasteiger partial charge on any atom is 0.202 e. The van der Waals surface area contributed by atoms with Crippen LogP contribution in [0.4, 0.5) is 5.69 Å². The summed E-state index contributed by atoms with van der Waals surface area (Å²) in [6.07, 6.45) is -1.52. The largest absolute Gasteiger partial charge is 0.615 e. The maximum atomic E-state index is 12.3. The molecule has 0 spiro atoms. The molecule has 0 aromatic heterocycles. The Labute approximate surface area is 199 Å². The van der Waals surface area contributed by atoms with Crippen LogP contribution in [0.3, 0.4) is 0 Å². The number of hydrogen-bond donors (Lipinski definition) is 3. The van der Waals surface area contributed by atoms with Crippen molar-refractivity contribution in [3.05, 3.63) is 77.8 Å². The van der Waals surface area contributed by atoms with E-state index in [9.17, 15) is 14.7 Å². The van der Waals surface area contributed by atoms with Crippen molar-refractivity contribution in [1.82, 2.24) is 10.2 Å². The zero-order valence-electron chi connectivity index (χ0n) is 15.7. The van der Waals surface area contributed by atoms with Gasteiger partial charge >= 0.3 is 0 Å². The number of aliphatic hydroxyl groups excluding tert-OH is 1. The van der Waals surface area contributed by atoms with Crippen LogP contribution in [0.1, 0.15) is 22.8 Å². The number of nitriles is 1. The summed E-state index contributed by atoms with van der Waals surface area (Å²) in [5.41, 5.74) is 2.23. The van der Waals surface area contributed by atoms with Gasteiger partial charge in [-0.25, -0.2) is 0 Å². The van der Waals surface area contributed by atoms with E-state index in [4.69, 9.17) is 16.9 Å². The second-order valence-electron chi connectivity index (χ2n) is 5.89. The molecule has 9 heteroatoms. The van der Waals surface area contributed by atoms with Gasteiger partial charge in [-0.2, -0.15) is 5.26 Å². The van der Waals surface area contributed by atoms with Crippen LogP contribution in [0.25, 0.3) is 0 Å². The van der Waals surface area contributed by atoms with Gasteiger partial charge in [-0.1, -0.05) is 23.7 Å². The van der Waals surface area contributed by atoms with Crippen molar-refractivity contribution in [3.8, 4) is 6.07 Å². The Morgan fingerprint density at radius 3 is 2.55 bits per heavy atom. The van der Waals surface area contributed by atoms with Gasteiger partial charge in [0.15, 0.2) is 6.10 Å². The number of nitrogens with zero attached hydrogens (tertiary/aromatic N) is 2. The first-order chi connectivity index (χ1) is 13.3. The third-order valence-corrected chi connectivity index (χ3v) is 4.08. The van der Waals surface area contributed by atoms with E-state index in [1.807, 2.05) is 6.07 Å². The number of carbonyl (C=O) groups is 2. The van der Waals surface area contributed by atoms with E-state index in [1.54, 1.807) is 43.4 Å². The zero-order chi connectivity index (χ0) is 20.7. The van der Waals surface area contributed by atoms with E-state index in [0.29, 0.717) is 16.3 Å². The van der Waals surface area contributed by atoms with E-state index in [2.05, 4.69) is 17.7 Å². The van der Waals surface area contributed by atoms with Gasteiger partial charge in [-0.15, -0.1) is 0 Å². The third kappa shape index (κ3) is 7.33. The van der Waals surface area contributed by atoms with Gasteiger partial charge < -0.3 is 25.4 Å². The van der Waals surface area contributed by atoms with Gasteiger partial charge in [-0.3, -0.25) is 18.4 Å². The molecule has 3 N–H and O–H groups in total. The first-order valence-electron chi connectivity index (χ1n) is 8.25. The molecular formula is C20H19ClN4O3Y-2. The number of amides is 2. The monoisotopic (exact) mass is 487 g/mol. The van der Waals surface area contributed by atoms with Gasteiger partial charge in [-0.05, 0) is 41.5 Å².